The first-order chi connectivity index (χ1) is 10.1. The molecule has 0 spiro atoms. The molecule has 0 atom stereocenters. The number of carboxylic acid groups (broad SMARTS) is 1. The van der Waals surface area contributed by atoms with E-state index < -0.39 is 5.97 Å². The average molecular weight is 305 g/mol. The van der Waals surface area contributed by atoms with Gasteiger partial charge in [0.2, 0.25) is 0 Å². The van der Waals surface area contributed by atoms with Gasteiger partial charge in [0, 0.05) is 5.69 Å². The van der Waals surface area contributed by atoms with Crippen LogP contribution < -0.4 is 5.32 Å². The normalized spacial score (nSPS) is 10.3. The van der Waals surface area contributed by atoms with Gasteiger partial charge in [0.1, 0.15) is 4.88 Å². The highest BCUT2D eigenvalue weighted by Crippen LogP contribution is 2.19. The smallest absolute Gasteiger partial charge is 0.307 e. The molecule has 1 aromatic heterocycles. The summed E-state index contributed by atoms with van der Waals surface area (Å²) in [6.45, 7) is 2.00. The zero-order valence-electron chi connectivity index (χ0n) is 11.5. The van der Waals surface area contributed by atoms with Gasteiger partial charge in [0.25, 0.3) is 5.91 Å². The minimum atomic E-state index is -0.942. The summed E-state index contributed by atoms with van der Waals surface area (Å²) in [4.78, 5) is 23.6. The molecule has 0 aliphatic rings. The molecule has 1 heterocycles. The van der Waals surface area contributed by atoms with Crippen molar-refractivity contribution >= 4 is 29.1 Å². The van der Waals surface area contributed by atoms with Crippen molar-refractivity contribution in [3.8, 4) is 0 Å². The van der Waals surface area contributed by atoms with Gasteiger partial charge in [-0.05, 0) is 29.6 Å². The molecule has 2 aromatic rings. The number of nitrogens with one attached hydrogen (secondary N) is 1. The SMILES string of the molecule is CCCc1nnsc1C(=O)Nc1ccccc1CC(=O)O. The number of hydrogen-bond donors (Lipinski definition) is 2. The first kappa shape index (κ1) is 15.1. The number of rotatable bonds is 6. The number of benzene rings is 1. The van der Waals surface area contributed by atoms with Crippen LogP contribution in [0.25, 0.3) is 0 Å². The third kappa shape index (κ3) is 3.85. The van der Waals surface area contributed by atoms with Crippen LogP contribution in [0.4, 0.5) is 5.69 Å². The Bertz CT molecular complexity index is 654. The van der Waals surface area contributed by atoms with Crippen LogP contribution in [0.2, 0.25) is 0 Å². The van der Waals surface area contributed by atoms with Crippen molar-refractivity contribution < 1.29 is 14.7 Å². The third-order valence-corrected chi connectivity index (χ3v) is 3.62. The van der Waals surface area contributed by atoms with Crippen molar-refractivity contribution in [2.24, 2.45) is 0 Å². The molecule has 2 N–H and O–H groups in total. The summed E-state index contributed by atoms with van der Waals surface area (Å²) < 4.78 is 3.81. The number of anilines is 1. The number of carbonyl (C=O) groups excluding carboxylic acids is 1. The number of aromatic nitrogens is 2. The van der Waals surface area contributed by atoms with E-state index in [-0.39, 0.29) is 12.3 Å². The van der Waals surface area contributed by atoms with E-state index in [1.807, 2.05) is 6.92 Å². The molecule has 0 aliphatic carbocycles. The summed E-state index contributed by atoms with van der Waals surface area (Å²) in [6.07, 6.45) is 1.43. The minimum Gasteiger partial charge on any atom is -0.481 e. The van der Waals surface area contributed by atoms with Crippen molar-refractivity contribution in [2.75, 3.05) is 5.32 Å². The summed E-state index contributed by atoms with van der Waals surface area (Å²) in [5, 5.41) is 15.6. The highest BCUT2D eigenvalue weighted by molar-refractivity contribution is 7.08. The fraction of sp³-hybridized carbons (Fsp3) is 0.286. The Balaban J connectivity index is 2.19. The second kappa shape index (κ2) is 6.94. The van der Waals surface area contributed by atoms with Crippen molar-refractivity contribution in [3.63, 3.8) is 0 Å². The topological polar surface area (TPSA) is 92.2 Å². The molecule has 0 unspecified atom stereocenters. The predicted molar refractivity (Wildman–Crippen MR) is 79.6 cm³/mol. The van der Waals surface area contributed by atoms with Crippen LogP contribution in [0, 0.1) is 0 Å². The number of hydrogen-bond acceptors (Lipinski definition) is 5. The van der Waals surface area contributed by atoms with E-state index >= 15 is 0 Å². The Kier molecular flexibility index (Phi) is 4.99. The number of aryl methyl sites for hydroxylation is 1. The average Bonchev–Trinajstić information content (AvgIpc) is 2.89. The number of carboxylic acids is 1. The van der Waals surface area contributed by atoms with Gasteiger partial charge < -0.3 is 10.4 Å². The molecule has 0 saturated heterocycles. The highest BCUT2D eigenvalue weighted by Gasteiger charge is 2.17. The van der Waals surface area contributed by atoms with E-state index in [9.17, 15) is 9.59 Å². The highest BCUT2D eigenvalue weighted by atomic mass is 32.1. The maximum atomic E-state index is 12.3. The van der Waals surface area contributed by atoms with Gasteiger partial charge in [0.15, 0.2) is 0 Å². The Morgan fingerprint density at radius 2 is 2.10 bits per heavy atom. The lowest BCUT2D eigenvalue weighted by atomic mass is 10.1. The van der Waals surface area contributed by atoms with Crippen LogP contribution in [0.1, 0.15) is 34.3 Å². The zero-order valence-corrected chi connectivity index (χ0v) is 12.3. The van der Waals surface area contributed by atoms with E-state index in [1.165, 1.54) is 0 Å². The van der Waals surface area contributed by atoms with Gasteiger partial charge in [-0.25, -0.2) is 0 Å². The molecule has 6 nitrogen and oxygen atoms in total. The molecule has 1 amide bonds. The van der Waals surface area contributed by atoms with E-state index in [2.05, 4.69) is 14.9 Å². The first-order valence-electron chi connectivity index (χ1n) is 6.54. The monoisotopic (exact) mass is 305 g/mol. The van der Waals surface area contributed by atoms with Crippen molar-refractivity contribution in [2.45, 2.75) is 26.2 Å². The van der Waals surface area contributed by atoms with Crippen LogP contribution >= 0.6 is 11.5 Å². The van der Waals surface area contributed by atoms with Crippen LogP contribution in [-0.4, -0.2) is 26.6 Å². The lowest BCUT2D eigenvalue weighted by molar-refractivity contribution is -0.136. The van der Waals surface area contributed by atoms with Gasteiger partial charge in [0.05, 0.1) is 12.1 Å². The van der Waals surface area contributed by atoms with Crippen molar-refractivity contribution in [3.05, 3.63) is 40.4 Å². The minimum absolute atomic E-state index is 0.140. The number of aliphatic carboxylic acids is 1. The quantitative estimate of drug-likeness (QED) is 0.854. The standard InChI is InChI=1S/C14H15N3O3S/c1-2-5-11-13(21-17-16-11)14(20)15-10-7-4-3-6-9(10)8-12(18)19/h3-4,6-7H,2,5,8H2,1H3,(H,15,20)(H,18,19). The Morgan fingerprint density at radius 1 is 1.33 bits per heavy atom. The molecule has 21 heavy (non-hydrogen) atoms. The first-order valence-corrected chi connectivity index (χ1v) is 7.31. The van der Waals surface area contributed by atoms with E-state index in [0.717, 1.165) is 18.0 Å². The fourth-order valence-electron chi connectivity index (χ4n) is 1.92. The number of amides is 1. The molecule has 0 radical (unpaired) electrons. The summed E-state index contributed by atoms with van der Waals surface area (Å²) in [6, 6.07) is 6.86. The van der Waals surface area contributed by atoms with Crippen molar-refractivity contribution in [1.29, 1.82) is 0 Å². The van der Waals surface area contributed by atoms with Crippen LogP contribution in [0.15, 0.2) is 24.3 Å². The molecule has 0 aliphatic heterocycles. The molecule has 0 bridgehead atoms. The molecule has 2 rings (SSSR count). The van der Waals surface area contributed by atoms with E-state index in [4.69, 9.17) is 5.11 Å². The van der Waals surface area contributed by atoms with Gasteiger partial charge in [-0.3, -0.25) is 9.59 Å². The molecule has 0 saturated carbocycles. The summed E-state index contributed by atoms with van der Waals surface area (Å²) >= 11 is 1.05. The molecular weight excluding hydrogens is 290 g/mol. The maximum absolute atomic E-state index is 12.3. The van der Waals surface area contributed by atoms with Gasteiger partial charge in [-0.2, -0.15) is 0 Å². The molecule has 7 heteroatoms. The lowest BCUT2D eigenvalue weighted by Gasteiger charge is -2.09. The Morgan fingerprint density at radius 3 is 2.81 bits per heavy atom. The maximum Gasteiger partial charge on any atom is 0.307 e. The third-order valence-electron chi connectivity index (χ3n) is 2.86. The Labute approximate surface area is 126 Å². The Hall–Kier alpha value is -2.28. The van der Waals surface area contributed by atoms with Gasteiger partial charge >= 0.3 is 5.97 Å². The second-order valence-electron chi connectivity index (χ2n) is 4.48. The van der Waals surface area contributed by atoms with Gasteiger partial charge in [-0.15, -0.1) is 5.10 Å². The van der Waals surface area contributed by atoms with E-state index in [1.54, 1.807) is 24.3 Å². The van der Waals surface area contributed by atoms with E-state index in [0.29, 0.717) is 28.2 Å². The molecule has 0 fully saturated rings. The lowest BCUT2D eigenvalue weighted by Crippen LogP contribution is -2.15. The number of nitrogens with zero attached hydrogens (tertiary/aromatic N) is 2. The van der Waals surface area contributed by atoms with Crippen LogP contribution in [0.3, 0.4) is 0 Å². The molecule has 110 valence electrons. The van der Waals surface area contributed by atoms with Crippen LogP contribution in [0.5, 0.6) is 0 Å². The van der Waals surface area contributed by atoms with Crippen molar-refractivity contribution in [1.82, 2.24) is 9.59 Å². The molecular formula is C14H15N3O3S. The number of carbonyl (C=O) groups is 2. The predicted octanol–water partition coefficient (Wildman–Crippen LogP) is 2.37. The fourth-order valence-corrected chi connectivity index (χ4v) is 2.52. The molecule has 1 aromatic carbocycles. The van der Waals surface area contributed by atoms with Crippen LogP contribution in [-0.2, 0) is 17.6 Å². The zero-order chi connectivity index (χ0) is 15.2. The summed E-state index contributed by atoms with van der Waals surface area (Å²) in [7, 11) is 0. The second-order valence-corrected chi connectivity index (χ2v) is 5.23. The number of para-hydroxylation sites is 1. The van der Waals surface area contributed by atoms with Gasteiger partial charge in [-0.1, -0.05) is 36.0 Å². The summed E-state index contributed by atoms with van der Waals surface area (Å²) in [5.41, 5.74) is 1.74. The summed E-state index contributed by atoms with van der Waals surface area (Å²) in [5.74, 6) is -1.24. The largest absolute Gasteiger partial charge is 0.481 e.